The molecule has 0 saturated carbocycles. The second-order valence-corrected chi connectivity index (χ2v) is 6.52. The fourth-order valence-corrected chi connectivity index (χ4v) is 3.22. The molecule has 1 aliphatic rings. The summed E-state index contributed by atoms with van der Waals surface area (Å²) in [6, 6.07) is 11.1. The van der Waals surface area contributed by atoms with Crippen LogP contribution in [0.4, 0.5) is 0 Å². The van der Waals surface area contributed by atoms with Crippen LogP contribution in [-0.2, 0) is 17.8 Å². The van der Waals surface area contributed by atoms with Crippen LogP contribution in [0.2, 0.25) is 0 Å². The highest BCUT2D eigenvalue weighted by atomic mass is 16.5. The summed E-state index contributed by atoms with van der Waals surface area (Å²) in [5, 5.41) is 3.75. The van der Waals surface area contributed by atoms with E-state index < -0.39 is 5.97 Å². The fourth-order valence-electron chi connectivity index (χ4n) is 3.22. The molecule has 0 aliphatic carbocycles. The van der Waals surface area contributed by atoms with Crippen molar-refractivity contribution in [3.8, 4) is 0 Å². The van der Waals surface area contributed by atoms with Crippen LogP contribution in [0.3, 0.4) is 0 Å². The van der Waals surface area contributed by atoms with E-state index in [1.807, 2.05) is 6.07 Å². The predicted octanol–water partition coefficient (Wildman–Crippen LogP) is 2.56. The standard InChI is InChI=1S/C19H25N3O3/c1-15-8-9-21(14-18-17(12-20-25-18)19(23)24-2)10-11-22(15)13-16-6-4-3-5-7-16/h3-7,12,15H,8-11,13-14H2,1-2H3. The predicted molar refractivity (Wildman–Crippen MR) is 94.1 cm³/mol. The van der Waals surface area contributed by atoms with Crippen molar-refractivity contribution >= 4 is 5.97 Å². The number of aromatic nitrogens is 1. The first-order valence-electron chi connectivity index (χ1n) is 8.69. The van der Waals surface area contributed by atoms with Crippen LogP contribution in [0.25, 0.3) is 0 Å². The average Bonchev–Trinajstić information content (AvgIpc) is 3.03. The molecule has 134 valence electrons. The molecule has 3 rings (SSSR count). The summed E-state index contributed by atoms with van der Waals surface area (Å²) >= 11 is 0. The molecule has 0 amide bonds. The van der Waals surface area contributed by atoms with Gasteiger partial charge in [0.2, 0.25) is 0 Å². The van der Waals surface area contributed by atoms with Gasteiger partial charge in [0, 0.05) is 32.2 Å². The Morgan fingerprint density at radius 2 is 2.04 bits per heavy atom. The van der Waals surface area contributed by atoms with Gasteiger partial charge in [-0.05, 0) is 18.9 Å². The zero-order chi connectivity index (χ0) is 17.6. The molecule has 0 spiro atoms. The van der Waals surface area contributed by atoms with Crippen LogP contribution >= 0.6 is 0 Å². The number of hydrogen-bond acceptors (Lipinski definition) is 6. The Bertz CT molecular complexity index is 686. The molecule has 1 aliphatic heterocycles. The highest BCUT2D eigenvalue weighted by molar-refractivity contribution is 5.89. The molecule has 1 unspecified atom stereocenters. The molecule has 0 N–H and O–H groups in total. The molecular weight excluding hydrogens is 318 g/mol. The number of rotatable bonds is 5. The number of hydrogen-bond donors (Lipinski definition) is 0. The van der Waals surface area contributed by atoms with Crippen LogP contribution in [0.5, 0.6) is 0 Å². The van der Waals surface area contributed by atoms with Gasteiger partial charge in [0.25, 0.3) is 0 Å². The minimum Gasteiger partial charge on any atom is -0.465 e. The SMILES string of the molecule is COC(=O)c1cnoc1CN1CCC(C)N(Cc2ccccc2)CC1. The Kier molecular flexibility index (Phi) is 5.83. The third-order valence-electron chi connectivity index (χ3n) is 4.84. The topological polar surface area (TPSA) is 58.8 Å². The molecule has 0 bridgehead atoms. The normalized spacial score (nSPS) is 19.5. The van der Waals surface area contributed by atoms with Crippen molar-refractivity contribution in [2.75, 3.05) is 26.7 Å². The lowest BCUT2D eigenvalue weighted by Gasteiger charge is -2.26. The van der Waals surface area contributed by atoms with Crippen LogP contribution < -0.4 is 0 Å². The van der Waals surface area contributed by atoms with Gasteiger partial charge in [-0.3, -0.25) is 9.80 Å². The molecule has 1 aromatic carbocycles. The first-order valence-corrected chi connectivity index (χ1v) is 8.69. The van der Waals surface area contributed by atoms with E-state index in [2.05, 4.69) is 46.1 Å². The molecular formula is C19H25N3O3. The highest BCUT2D eigenvalue weighted by Crippen LogP contribution is 2.18. The van der Waals surface area contributed by atoms with Gasteiger partial charge in [-0.25, -0.2) is 4.79 Å². The quantitative estimate of drug-likeness (QED) is 0.778. The summed E-state index contributed by atoms with van der Waals surface area (Å²) in [6.45, 7) is 6.70. The summed E-state index contributed by atoms with van der Waals surface area (Å²) < 4.78 is 10.1. The fraction of sp³-hybridized carbons (Fsp3) is 0.474. The van der Waals surface area contributed by atoms with Gasteiger partial charge in [0.05, 0.1) is 19.9 Å². The smallest absolute Gasteiger partial charge is 0.343 e. The largest absolute Gasteiger partial charge is 0.465 e. The number of benzene rings is 1. The zero-order valence-electron chi connectivity index (χ0n) is 14.9. The molecule has 2 heterocycles. The van der Waals surface area contributed by atoms with Gasteiger partial charge in [-0.2, -0.15) is 0 Å². The maximum absolute atomic E-state index is 11.8. The van der Waals surface area contributed by atoms with Crippen LogP contribution in [0.1, 0.15) is 35.0 Å². The number of carbonyl (C=O) groups excluding carboxylic acids is 1. The Balaban J connectivity index is 1.61. The van der Waals surface area contributed by atoms with E-state index in [1.54, 1.807) is 0 Å². The van der Waals surface area contributed by atoms with Crippen molar-refractivity contribution in [2.24, 2.45) is 0 Å². The van der Waals surface area contributed by atoms with E-state index >= 15 is 0 Å². The third kappa shape index (κ3) is 4.46. The lowest BCUT2D eigenvalue weighted by Crippen LogP contribution is -2.34. The first-order chi connectivity index (χ1) is 12.2. The second kappa shape index (κ2) is 8.27. The molecule has 0 radical (unpaired) electrons. The highest BCUT2D eigenvalue weighted by Gasteiger charge is 2.24. The summed E-state index contributed by atoms with van der Waals surface area (Å²) in [5.74, 6) is 0.182. The monoisotopic (exact) mass is 343 g/mol. The molecule has 1 atom stereocenters. The maximum Gasteiger partial charge on any atom is 0.343 e. The van der Waals surface area contributed by atoms with Gasteiger partial charge < -0.3 is 9.26 Å². The summed E-state index contributed by atoms with van der Waals surface area (Å²) in [5.41, 5.74) is 1.76. The molecule has 1 saturated heterocycles. The number of ether oxygens (including phenoxy) is 1. The zero-order valence-corrected chi connectivity index (χ0v) is 14.9. The lowest BCUT2D eigenvalue weighted by atomic mass is 10.1. The van der Waals surface area contributed by atoms with Gasteiger partial charge in [0.1, 0.15) is 5.56 Å². The minimum absolute atomic E-state index is 0.398. The van der Waals surface area contributed by atoms with E-state index in [0.29, 0.717) is 23.9 Å². The summed E-state index contributed by atoms with van der Waals surface area (Å²) in [7, 11) is 1.37. The van der Waals surface area contributed by atoms with Gasteiger partial charge in [0.15, 0.2) is 5.76 Å². The van der Waals surface area contributed by atoms with Gasteiger partial charge in [-0.1, -0.05) is 35.5 Å². The number of nitrogens with zero attached hydrogens (tertiary/aromatic N) is 3. The average molecular weight is 343 g/mol. The van der Waals surface area contributed by atoms with Crippen molar-refractivity contribution in [2.45, 2.75) is 32.5 Å². The molecule has 6 nitrogen and oxygen atoms in total. The Labute approximate surface area is 148 Å². The van der Waals surface area contributed by atoms with Crippen molar-refractivity contribution < 1.29 is 14.1 Å². The number of carbonyl (C=O) groups is 1. The Morgan fingerprint density at radius 3 is 2.80 bits per heavy atom. The molecule has 25 heavy (non-hydrogen) atoms. The van der Waals surface area contributed by atoms with Crippen molar-refractivity contribution in [3.05, 3.63) is 53.4 Å². The van der Waals surface area contributed by atoms with Crippen molar-refractivity contribution in [3.63, 3.8) is 0 Å². The van der Waals surface area contributed by atoms with Crippen molar-refractivity contribution in [1.29, 1.82) is 0 Å². The molecule has 6 heteroatoms. The van der Waals surface area contributed by atoms with Crippen molar-refractivity contribution in [1.82, 2.24) is 15.0 Å². The van der Waals surface area contributed by atoms with E-state index in [0.717, 1.165) is 32.6 Å². The Morgan fingerprint density at radius 1 is 1.24 bits per heavy atom. The molecule has 2 aromatic rings. The van der Waals surface area contributed by atoms with E-state index in [-0.39, 0.29) is 0 Å². The first kappa shape index (κ1) is 17.6. The van der Waals surface area contributed by atoms with Gasteiger partial charge in [-0.15, -0.1) is 0 Å². The van der Waals surface area contributed by atoms with E-state index in [9.17, 15) is 4.79 Å². The van der Waals surface area contributed by atoms with E-state index in [4.69, 9.17) is 9.26 Å². The summed E-state index contributed by atoms with van der Waals surface area (Å²) in [6.07, 6.45) is 2.51. The van der Waals surface area contributed by atoms with Crippen LogP contribution in [-0.4, -0.2) is 53.7 Å². The molecule has 1 aromatic heterocycles. The second-order valence-electron chi connectivity index (χ2n) is 6.52. The molecule has 1 fully saturated rings. The lowest BCUT2D eigenvalue weighted by molar-refractivity contribution is 0.0596. The number of esters is 1. The summed E-state index contributed by atoms with van der Waals surface area (Å²) in [4.78, 5) is 16.6. The van der Waals surface area contributed by atoms with Crippen LogP contribution in [0, 0.1) is 0 Å². The van der Waals surface area contributed by atoms with Crippen LogP contribution in [0.15, 0.2) is 41.1 Å². The minimum atomic E-state index is -0.398. The third-order valence-corrected chi connectivity index (χ3v) is 4.84. The van der Waals surface area contributed by atoms with E-state index in [1.165, 1.54) is 18.9 Å². The van der Waals surface area contributed by atoms with Gasteiger partial charge >= 0.3 is 5.97 Å². The number of methoxy groups -OCH3 is 1. The Hall–Kier alpha value is -2.18. The maximum atomic E-state index is 11.8.